The summed E-state index contributed by atoms with van der Waals surface area (Å²) in [4.78, 5) is 26.1. The molecule has 4 unspecified atom stereocenters. The van der Waals surface area contributed by atoms with Crippen LogP contribution in [-0.2, 0) is 0 Å². The monoisotopic (exact) mass is 769 g/mol. The van der Waals surface area contributed by atoms with Crippen LogP contribution >= 0.6 is 0 Å². The lowest BCUT2D eigenvalue weighted by molar-refractivity contribution is 0.317. The lowest BCUT2D eigenvalue weighted by Crippen LogP contribution is -2.17. The summed E-state index contributed by atoms with van der Waals surface area (Å²) in [7, 11) is 8.74. The van der Waals surface area contributed by atoms with Gasteiger partial charge in [-0.2, -0.15) is 0 Å². The second-order valence-corrected chi connectivity index (χ2v) is 13.7. The van der Waals surface area contributed by atoms with Crippen LogP contribution in [0.15, 0.2) is 98.1 Å². The third-order valence-electron chi connectivity index (χ3n) is 10.4. The van der Waals surface area contributed by atoms with Gasteiger partial charge in [-0.1, -0.05) is 79.7 Å². The van der Waals surface area contributed by atoms with E-state index in [0.717, 1.165) is 0 Å². The van der Waals surface area contributed by atoms with Crippen molar-refractivity contribution in [2.75, 3.05) is 54.4 Å². The van der Waals surface area contributed by atoms with E-state index in [1.807, 2.05) is 129 Å². The Labute approximate surface area is 344 Å². The van der Waals surface area contributed by atoms with E-state index in [1.165, 1.54) is 99.8 Å². The third kappa shape index (κ3) is 17.3. The molecule has 4 saturated heterocycles. The molecule has 8 heteroatoms. The molecule has 56 heavy (non-hydrogen) atoms. The topological polar surface area (TPSA) is 64.5 Å². The van der Waals surface area contributed by atoms with Gasteiger partial charge in [0, 0.05) is 73.7 Å². The molecule has 312 valence electrons. The summed E-state index contributed by atoms with van der Waals surface area (Å²) in [6.45, 7) is 20.9. The summed E-state index contributed by atoms with van der Waals surface area (Å²) in [5.41, 5.74) is 5.44. The summed E-state index contributed by atoms with van der Waals surface area (Å²) in [6.07, 6.45) is 25.6. The molecule has 4 fully saturated rings. The number of pyridine rings is 4. The van der Waals surface area contributed by atoms with E-state index < -0.39 is 0 Å². The van der Waals surface area contributed by atoms with Gasteiger partial charge < -0.3 is 0 Å². The minimum atomic E-state index is 0.610. The van der Waals surface area contributed by atoms with Gasteiger partial charge in [0.05, 0.1) is 0 Å². The van der Waals surface area contributed by atoms with Crippen molar-refractivity contribution in [3.8, 4) is 0 Å². The average Bonchev–Trinajstić information content (AvgIpc) is 4.12. The Kier molecular flexibility index (Phi) is 28.4. The molecule has 4 aromatic rings. The molecule has 0 radical (unpaired) electrons. The Morgan fingerprint density at radius 3 is 0.679 bits per heavy atom. The Balaban J connectivity index is 0.000000352. The first-order valence-corrected chi connectivity index (χ1v) is 21.9. The van der Waals surface area contributed by atoms with Gasteiger partial charge in [-0.15, -0.1) is 0 Å². The maximum absolute atomic E-state index is 4.14. The zero-order chi connectivity index (χ0) is 41.6. The lowest BCUT2D eigenvalue weighted by Gasteiger charge is -2.18. The van der Waals surface area contributed by atoms with Crippen LogP contribution in [0, 0.1) is 0 Å². The van der Waals surface area contributed by atoms with Crippen LogP contribution < -0.4 is 0 Å². The van der Waals surface area contributed by atoms with Gasteiger partial charge in [0.1, 0.15) is 0 Å². The molecule has 4 aliphatic rings. The highest BCUT2D eigenvalue weighted by atomic mass is 15.2. The molecule has 8 nitrogen and oxygen atoms in total. The molecule has 4 atom stereocenters. The Hall–Kier alpha value is -3.56. The first-order valence-electron chi connectivity index (χ1n) is 21.9. The van der Waals surface area contributed by atoms with E-state index in [9.17, 15) is 0 Å². The molecule has 0 aliphatic carbocycles. The first-order chi connectivity index (χ1) is 27.5. The standard InChI is InChI=1S/4C10H14N2.4C2H6/c4*1-12-7-3-5-10(12)9-4-2-6-11-8-9;4*1-2/h4*2,4,6,8,10H,3,5,7H2,1H3;4*1-2H3. The Morgan fingerprint density at radius 1 is 0.357 bits per heavy atom. The zero-order valence-electron chi connectivity index (χ0n) is 37.6. The van der Waals surface area contributed by atoms with Gasteiger partial charge in [-0.3, -0.25) is 39.5 Å². The fourth-order valence-electron chi connectivity index (χ4n) is 7.62. The van der Waals surface area contributed by atoms with Gasteiger partial charge in [-0.05, 0) is 152 Å². The van der Waals surface area contributed by atoms with E-state index in [2.05, 4.69) is 92.0 Å². The largest absolute Gasteiger partial charge is 0.299 e. The smallest absolute Gasteiger partial charge is 0.0360 e. The van der Waals surface area contributed by atoms with E-state index >= 15 is 0 Å². The van der Waals surface area contributed by atoms with E-state index in [1.54, 1.807) is 0 Å². The molecule has 8 heterocycles. The van der Waals surface area contributed by atoms with Crippen molar-refractivity contribution in [3.05, 3.63) is 120 Å². The van der Waals surface area contributed by atoms with Crippen molar-refractivity contribution in [3.63, 3.8) is 0 Å². The van der Waals surface area contributed by atoms with Crippen LogP contribution in [0.2, 0.25) is 0 Å². The number of hydrogen-bond donors (Lipinski definition) is 0. The highest BCUT2D eigenvalue weighted by Gasteiger charge is 2.24. The number of likely N-dealkylation sites (tertiary alicyclic amines) is 4. The second-order valence-electron chi connectivity index (χ2n) is 13.7. The van der Waals surface area contributed by atoms with Crippen LogP contribution in [0.1, 0.15) is 153 Å². The molecular weight excluding hydrogens is 689 g/mol. The number of nitrogens with zero attached hydrogens (tertiary/aromatic N) is 8. The maximum Gasteiger partial charge on any atom is 0.0360 e. The summed E-state index contributed by atoms with van der Waals surface area (Å²) >= 11 is 0. The third-order valence-corrected chi connectivity index (χ3v) is 10.4. The summed E-state index contributed by atoms with van der Waals surface area (Å²) in [6, 6.07) is 19.2. The van der Waals surface area contributed by atoms with Crippen LogP contribution in [-0.4, -0.2) is 93.9 Å². The second kappa shape index (κ2) is 31.5. The van der Waals surface area contributed by atoms with Gasteiger partial charge in [0.25, 0.3) is 0 Å². The summed E-state index contributed by atoms with van der Waals surface area (Å²) in [5, 5.41) is 0. The van der Waals surface area contributed by atoms with Crippen molar-refractivity contribution in [1.82, 2.24) is 39.5 Å². The van der Waals surface area contributed by atoms with Crippen molar-refractivity contribution < 1.29 is 0 Å². The van der Waals surface area contributed by atoms with Crippen molar-refractivity contribution in [1.29, 1.82) is 0 Å². The summed E-state index contributed by atoms with van der Waals surface area (Å²) in [5.74, 6) is 0. The molecule has 0 aromatic carbocycles. The van der Waals surface area contributed by atoms with Crippen molar-refractivity contribution in [2.45, 2.75) is 131 Å². The minimum Gasteiger partial charge on any atom is -0.299 e. The summed E-state index contributed by atoms with van der Waals surface area (Å²) < 4.78 is 0. The normalized spacial score (nSPS) is 21.5. The zero-order valence-corrected chi connectivity index (χ0v) is 37.6. The molecule has 0 bridgehead atoms. The molecule has 0 spiro atoms. The minimum absolute atomic E-state index is 0.610. The molecule has 0 saturated carbocycles. The highest BCUT2D eigenvalue weighted by Crippen LogP contribution is 2.31. The van der Waals surface area contributed by atoms with Crippen LogP contribution in [0.4, 0.5) is 0 Å². The van der Waals surface area contributed by atoms with E-state index in [-0.39, 0.29) is 0 Å². The molecule has 0 amide bonds. The van der Waals surface area contributed by atoms with Gasteiger partial charge in [-0.25, -0.2) is 0 Å². The lowest BCUT2D eigenvalue weighted by atomic mass is 10.1. The molecule has 0 N–H and O–H groups in total. The van der Waals surface area contributed by atoms with Gasteiger partial charge in [0.2, 0.25) is 0 Å². The van der Waals surface area contributed by atoms with Gasteiger partial charge >= 0.3 is 0 Å². The maximum atomic E-state index is 4.14. The molecule has 8 rings (SSSR count). The van der Waals surface area contributed by atoms with E-state index in [0.29, 0.717) is 24.2 Å². The average molecular weight is 769 g/mol. The number of hydrogen-bond acceptors (Lipinski definition) is 8. The van der Waals surface area contributed by atoms with Crippen LogP contribution in [0.25, 0.3) is 0 Å². The Bertz CT molecular complexity index is 1210. The Morgan fingerprint density at radius 2 is 0.554 bits per heavy atom. The number of rotatable bonds is 4. The SMILES string of the molecule is CC.CC.CC.CC.CN1CCCC1c1cccnc1.CN1CCCC1c1cccnc1.CN1CCCC1c1cccnc1.CN1CCCC1c1cccnc1. The van der Waals surface area contributed by atoms with Crippen LogP contribution in [0.5, 0.6) is 0 Å². The molecule has 4 aliphatic heterocycles. The van der Waals surface area contributed by atoms with E-state index in [4.69, 9.17) is 0 Å². The number of aromatic nitrogens is 4. The molecule has 4 aromatic heterocycles. The van der Waals surface area contributed by atoms with Gasteiger partial charge in [0.15, 0.2) is 0 Å². The van der Waals surface area contributed by atoms with Crippen molar-refractivity contribution >= 4 is 0 Å². The fourth-order valence-corrected chi connectivity index (χ4v) is 7.62. The highest BCUT2D eigenvalue weighted by molar-refractivity contribution is 5.17. The molecular formula is C48H80N8. The quantitative estimate of drug-likeness (QED) is 0.203. The fraction of sp³-hybridized carbons (Fsp3) is 0.583. The first kappa shape index (κ1) is 50.5. The predicted molar refractivity (Wildman–Crippen MR) is 241 cm³/mol. The predicted octanol–water partition coefficient (Wildman–Crippen LogP) is 11.5. The van der Waals surface area contributed by atoms with Crippen LogP contribution in [0.3, 0.4) is 0 Å². The van der Waals surface area contributed by atoms with Crippen molar-refractivity contribution in [2.24, 2.45) is 0 Å².